The molecule has 7 heteroatoms. The van der Waals surface area contributed by atoms with Crippen molar-refractivity contribution in [3.8, 4) is 0 Å². The summed E-state index contributed by atoms with van der Waals surface area (Å²) < 4.78 is 0.886. The van der Waals surface area contributed by atoms with Gasteiger partial charge in [-0.25, -0.2) is 0 Å². The summed E-state index contributed by atoms with van der Waals surface area (Å²) in [6.07, 6.45) is 2.29. The van der Waals surface area contributed by atoms with E-state index in [1.54, 1.807) is 12.1 Å². The van der Waals surface area contributed by atoms with Crippen molar-refractivity contribution in [1.29, 1.82) is 0 Å². The van der Waals surface area contributed by atoms with Crippen LogP contribution in [0.1, 0.15) is 23.2 Å². The smallest absolute Gasteiger partial charge is 0.253 e. The summed E-state index contributed by atoms with van der Waals surface area (Å²) in [5.41, 5.74) is 6.91. The zero-order chi connectivity index (χ0) is 13.8. The fourth-order valence-electron chi connectivity index (χ4n) is 2.34. The van der Waals surface area contributed by atoms with E-state index in [0.717, 1.165) is 36.9 Å². The summed E-state index contributed by atoms with van der Waals surface area (Å²) in [6.45, 7) is 2.96. The number of likely N-dealkylation sites (tertiary alicyclic amines) is 1. The van der Waals surface area contributed by atoms with Crippen LogP contribution in [-0.2, 0) is 0 Å². The minimum atomic E-state index is -0.0797. The van der Waals surface area contributed by atoms with Gasteiger partial charge >= 0.3 is 0 Å². The molecule has 1 heterocycles. The number of nitrogens with one attached hydrogen (secondary N) is 1. The predicted octanol–water partition coefficient (Wildman–Crippen LogP) is 2.95. The van der Waals surface area contributed by atoms with Crippen LogP contribution in [0.15, 0.2) is 22.7 Å². The molecule has 1 aliphatic heterocycles. The lowest BCUT2D eigenvalue weighted by Gasteiger charge is -2.28. The van der Waals surface area contributed by atoms with Crippen LogP contribution in [-0.4, -0.2) is 37.5 Å². The van der Waals surface area contributed by atoms with Crippen LogP contribution in [0, 0.1) is 5.92 Å². The van der Waals surface area contributed by atoms with E-state index in [2.05, 4.69) is 33.2 Å². The summed E-state index contributed by atoms with van der Waals surface area (Å²) in [5, 5.41) is 2.99. The Morgan fingerprint density at radius 3 is 2.57 bits per heavy atom. The molecule has 0 aliphatic carbocycles. The Bertz CT molecular complexity index is 466. The van der Waals surface area contributed by atoms with Crippen molar-refractivity contribution in [2.24, 2.45) is 5.92 Å². The molecule has 0 atom stereocenters. The Hall–Kier alpha value is -0.490. The van der Waals surface area contributed by atoms with Gasteiger partial charge in [-0.15, -0.1) is 24.8 Å². The van der Waals surface area contributed by atoms with Gasteiger partial charge in [0.15, 0.2) is 0 Å². The van der Waals surface area contributed by atoms with Gasteiger partial charge in [0, 0.05) is 16.7 Å². The van der Waals surface area contributed by atoms with Crippen LogP contribution in [0.5, 0.6) is 0 Å². The van der Waals surface area contributed by atoms with E-state index in [-0.39, 0.29) is 30.7 Å². The fraction of sp³-hybridized carbons (Fsp3) is 0.500. The van der Waals surface area contributed by atoms with Gasteiger partial charge in [0.05, 0.1) is 5.56 Å². The molecule has 0 spiro atoms. The number of nitrogen functional groups attached to an aromatic ring is 1. The lowest BCUT2D eigenvalue weighted by Crippen LogP contribution is -2.37. The molecule has 1 fully saturated rings. The van der Waals surface area contributed by atoms with Gasteiger partial charge in [-0.1, -0.05) is 15.9 Å². The maximum atomic E-state index is 12.1. The minimum Gasteiger partial charge on any atom is -0.398 e. The van der Waals surface area contributed by atoms with E-state index >= 15 is 0 Å². The molecule has 1 amide bonds. The van der Waals surface area contributed by atoms with E-state index < -0.39 is 0 Å². The minimum absolute atomic E-state index is 0. The third-order valence-corrected chi connectivity index (χ3v) is 4.14. The SMILES string of the molecule is CN1CCC(CNC(=O)c2ccc(Br)cc2N)CC1.Cl.Cl. The summed E-state index contributed by atoms with van der Waals surface area (Å²) in [6, 6.07) is 5.34. The van der Waals surface area contributed by atoms with Gasteiger partial charge in [-0.2, -0.15) is 0 Å². The highest BCUT2D eigenvalue weighted by Crippen LogP contribution is 2.19. The molecule has 4 nitrogen and oxygen atoms in total. The van der Waals surface area contributed by atoms with Crippen molar-refractivity contribution in [3.05, 3.63) is 28.2 Å². The quantitative estimate of drug-likeness (QED) is 0.769. The largest absolute Gasteiger partial charge is 0.398 e. The topological polar surface area (TPSA) is 58.4 Å². The second kappa shape index (κ2) is 9.51. The number of amides is 1. The Labute approximate surface area is 146 Å². The van der Waals surface area contributed by atoms with E-state index in [4.69, 9.17) is 5.73 Å². The van der Waals surface area contributed by atoms with Crippen LogP contribution < -0.4 is 11.1 Å². The van der Waals surface area contributed by atoms with Gasteiger partial charge < -0.3 is 16.0 Å². The average Bonchev–Trinajstić information content (AvgIpc) is 2.37. The molecule has 3 N–H and O–H groups in total. The number of hydrogen-bond acceptors (Lipinski definition) is 3. The Kier molecular flexibility index (Phi) is 9.29. The van der Waals surface area contributed by atoms with Crippen LogP contribution in [0.2, 0.25) is 0 Å². The Morgan fingerprint density at radius 1 is 1.38 bits per heavy atom. The molecule has 1 aromatic rings. The van der Waals surface area contributed by atoms with Gasteiger partial charge in [0.25, 0.3) is 5.91 Å². The molecule has 0 radical (unpaired) electrons. The van der Waals surface area contributed by atoms with Crippen LogP contribution in [0.25, 0.3) is 0 Å². The molecule has 21 heavy (non-hydrogen) atoms. The van der Waals surface area contributed by atoms with Crippen molar-refractivity contribution in [2.75, 3.05) is 32.4 Å². The first-order valence-corrected chi connectivity index (χ1v) is 7.37. The van der Waals surface area contributed by atoms with Gasteiger partial charge in [-0.3, -0.25) is 4.79 Å². The van der Waals surface area contributed by atoms with Gasteiger partial charge in [0.1, 0.15) is 0 Å². The zero-order valence-corrected chi connectivity index (χ0v) is 15.2. The first-order chi connectivity index (χ1) is 9.06. The van der Waals surface area contributed by atoms with E-state index in [1.165, 1.54) is 0 Å². The predicted molar refractivity (Wildman–Crippen MR) is 95.6 cm³/mol. The standard InChI is InChI=1S/C14H20BrN3O.2ClH/c1-18-6-4-10(5-7-18)9-17-14(19)12-3-2-11(15)8-13(12)16;;/h2-3,8,10H,4-7,9,16H2,1H3,(H,17,19);2*1H. The van der Waals surface area contributed by atoms with Crippen LogP contribution >= 0.6 is 40.7 Å². The molecule has 1 saturated heterocycles. The van der Waals surface area contributed by atoms with E-state index in [0.29, 0.717) is 17.2 Å². The third-order valence-electron chi connectivity index (χ3n) is 3.65. The molecule has 1 aromatic carbocycles. The van der Waals surface area contributed by atoms with Crippen molar-refractivity contribution in [2.45, 2.75) is 12.8 Å². The zero-order valence-electron chi connectivity index (χ0n) is 12.0. The molecule has 0 unspecified atom stereocenters. The highest BCUT2D eigenvalue weighted by Gasteiger charge is 2.18. The number of nitrogens with two attached hydrogens (primary N) is 1. The monoisotopic (exact) mass is 397 g/mol. The first kappa shape index (κ1) is 20.5. The van der Waals surface area contributed by atoms with Gasteiger partial charge in [0.2, 0.25) is 0 Å². The summed E-state index contributed by atoms with van der Waals surface area (Å²) >= 11 is 3.34. The lowest BCUT2D eigenvalue weighted by atomic mass is 9.97. The lowest BCUT2D eigenvalue weighted by molar-refractivity contribution is 0.0940. The second-order valence-electron chi connectivity index (χ2n) is 5.19. The number of halogens is 3. The number of benzene rings is 1. The fourth-order valence-corrected chi connectivity index (χ4v) is 2.72. The molecule has 0 aromatic heterocycles. The van der Waals surface area contributed by atoms with Crippen molar-refractivity contribution >= 4 is 52.3 Å². The van der Waals surface area contributed by atoms with Crippen LogP contribution in [0.4, 0.5) is 5.69 Å². The molecular weight excluding hydrogens is 377 g/mol. The number of rotatable bonds is 3. The number of piperidine rings is 1. The molecule has 120 valence electrons. The first-order valence-electron chi connectivity index (χ1n) is 6.58. The highest BCUT2D eigenvalue weighted by molar-refractivity contribution is 9.10. The third kappa shape index (κ3) is 6.02. The molecule has 2 rings (SSSR count). The summed E-state index contributed by atoms with van der Waals surface area (Å²) in [4.78, 5) is 14.4. The number of carbonyl (C=O) groups excluding carboxylic acids is 1. The maximum absolute atomic E-state index is 12.1. The normalized spacial score (nSPS) is 15.7. The van der Waals surface area contributed by atoms with Crippen molar-refractivity contribution < 1.29 is 4.79 Å². The Balaban J connectivity index is 0.00000200. The number of carbonyl (C=O) groups is 1. The number of nitrogens with zero attached hydrogens (tertiary/aromatic N) is 1. The summed E-state index contributed by atoms with van der Waals surface area (Å²) in [5.74, 6) is 0.501. The van der Waals surface area contributed by atoms with Crippen LogP contribution in [0.3, 0.4) is 0 Å². The second-order valence-corrected chi connectivity index (χ2v) is 6.10. The van der Waals surface area contributed by atoms with Gasteiger partial charge in [-0.05, 0) is 57.1 Å². The number of anilines is 1. The summed E-state index contributed by atoms with van der Waals surface area (Å²) in [7, 11) is 2.14. The molecule has 0 saturated carbocycles. The molecule has 0 bridgehead atoms. The maximum Gasteiger partial charge on any atom is 0.253 e. The number of hydrogen-bond donors (Lipinski definition) is 2. The van der Waals surface area contributed by atoms with E-state index in [9.17, 15) is 4.79 Å². The highest BCUT2D eigenvalue weighted by atomic mass is 79.9. The van der Waals surface area contributed by atoms with Crippen molar-refractivity contribution in [1.82, 2.24) is 10.2 Å². The molecular formula is C14H22BrCl2N3O. The van der Waals surface area contributed by atoms with E-state index in [1.807, 2.05) is 6.07 Å². The Morgan fingerprint density at radius 2 is 2.00 bits per heavy atom. The molecule has 1 aliphatic rings. The van der Waals surface area contributed by atoms with Crippen molar-refractivity contribution in [3.63, 3.8) is 0 Å². The average molecular weight is 399 g/mol.